The van der Waals surface area contributed by atoms with Gasteiger partial charge in [0.2, 0.25) is 0 Å². The van der Waals surface area contributed by atoms with E-state index in [2.05, 4.69) is 23.3 Å². The Morgan fingerprint density at radius 1 is 0.750 bits per heavy atom. The van der Waals surface area contributed by atoms with Crippen molar-refractivity contribution in [2.24, 2.45) is 0 Å². The van der Waals surface area contributed by atoms with Crippen molar-refractivity contribution in [2.45, 2.75) is 0 Å². The maximum Gasteiger partial charge on any atom is 1.00 e. The molecule has 0 N–H and O–H groups in total. The molecule has 103 valence electrons. The van der Waals surface area contributed by atoms with Gasteiger partial charge in [-0.15, -0.1) is 11.7 Å². The molecule has 0 amide bonds. The van der Waals surface area contributed by atoms with Gasteiger partial charge in [0, 0.05) is 119 Å². The Kier molecular flexibility index (Phi) is 339. The SMILES string of the molecule is [Cu].[Cu].[Cu].[Cu].[Cu].[Cu].[Cu].[K+].[S-]SSS. The summed E-state index contributed by atoms with van der Waals surface area (Å²) in [6, 6.07) is 0. The first-order valence-corrected chi connectivity index (χ1v) is 4.64. The van der Waals surface area contributed by atoms with Crippen molar-refractivity contribution in [1.82, 2.24) is 0 Å². The van der Waals surface area contributed by atoms with Crippen LogP contribution in [-0.2, 0) is 131 Å². The molecular weight excluding hydrogens is 612 g/mol. The molecule has 0 unspecified atom stereocenters. The molecule has 0 saturated carbocycles. The van der Waals surface area contributed by atoms with Gasteiger partial charge >= 0.3 is 51.4 Å². The Labute approximate surface area is 208 Å². The molecule has 12 heavy (non-hydrogen) atoms. The van der Waals surface area contributed by atoms with E-state index in [4.69, 9.17) is 0 Å². The molecular formula is HCu7KS4. The summed E-state index contributed by atoms with van der Waals surface area (Å²) in [7, 11) is 2.50. The molecule has 0 aliphatic carbocycles. The number of thiol groups is 1. The van der Waals surface area contributed by atoms with Crippen molar-refractivity contribution in [3.63, 3.8) is 0 Å². The summed E-state index contributed by atoms with van der Waals surface area (Å²) in [6.45, 7) is 0. The molecule has 0 fully saturated rings. The quantitative estimate of drug-likeness (QED) is 0.169. The fourth-order valence-corrected chi connectivity index (χ4v) is 0. The molecule has 7 radical (unpaired) electrons. The molecule has 0 heterocycles. The average Bonchev–Trinajstić information content (AvgIpc) is 1.37. The predicted octanol–water partition coefficient (Wildman–Crippen LogP) is -1.34. The van der Waals surface area contributed by atoms with E-state index in [9.17, 15) is 0 Å². The average molecular weight is 613 g/mol. The minimum Gasteiger partial charge on any atom is -0.706 e. The summed E-state index contributed by atoms with van der Waals surface area (Å²) in [5, 5.41) is 0. The third kappa shape index (κ3) is 69.6. The van der Waals surface area contributed by atoms with Crippen LogP contribution >= 0.6 is 31.3 Å². The van der Waals surface area contributed by atoms with Crippen LogP contribution in [-0.4, -0.2) is 0 Å². The van der Waals surface area contributed by atoms with Crippen molar-refractivity contribution < 1.29 is 171 Å². The molecule has 0 aromatic carbocycles. The molecule has 0 saturated heterocycles. The van der Waals surface area contributed by atoms with Crippen LogP contribution in [0.2, 0.25) is 0 Å². The van der Waals surface area contributed by atoms with E-state index in [1.807, 2.05) is 0 Å². The summed E-state index contributed by atoms with van der Waals surface area (Å²) >= 11 is 8.05. The first-order valence-electron chi connectivity index (χ1n) is 0.516. The van der Waals surface area contributed by atoms with E-state index < -0.39 is 0 Å². The van der Waals surface area contributed by atoms with Crippen LogP contribution in [0, 0.1) is 0 Å². The second-order valence-electron chi connectivity index (χ2n) is 0.143. The van der Waals surface area contributed by atoms with Gasteiger partial charge in [0.15, 0.2) is 0 Å². The molecule has 0 bridgehead atoms. The molecule has 0 aromatic heterocycles. The predicted molar refractivity (Wildman–Crippen MR) is 31.5 cm³/mol. The monoisotopic (exact) mass is 608 g/mol. The van der Waals surface area contributed by atoms with Gasteiger partial charge in [-0.25, -0.2) is 0 Å². The van der Waals surface area contributed by atoms with Gasteiger partial charge in [-0.05, 0) is 0 Å². The topological polar surface area (TPSA) is 0 Å². The van der Waals surface area contributed by atoms with Crippen molar-refractivity contribution in [3.05, 3.63) is 0 Å². The summed E-state index contributed by atoms with van der Waals surface area (Å²) in [5.74, 6) is 0. The van der Waals surface area contributed by atoms with Gasteiger partial charge in [-0.3, -0.25) is 9.83 Å². The van der Waals surface area contributed by atoms with E-state index in [0.717, 1.165) is 0 Å². The maximum atomic E-state index is 4.36. The maximum absolute atomic E-state index is 4.36. The fourth-order valence-electron chi connectivity index (χ4n) is 0. The number of hydrogen-bond donors (Lipinski definition) is 1. The van der Waals surface area contributed by atoms with Crippen molar-refractivity contribution in [2.75, 3.05) is 0 Å². The Morgan fingerprint density at radius 2 is 0.833 bits per heavy atom. The summed E-state index contributed by atoms with van der Waals surface area (Å²) in [6.07, 6.45) is 0. The molecule has 0 atom stereocenters. The van der Waals surface area contributed by atoms with Crippen LogP contribution in [0.3, 0.4) is 0 Å². The van der Waals surface area contributed by atoms with Gasteiger partial charge in [0.25, 0.3) is 0 Å². The van der Waals surface area contributed by atoms with Crippen molar-refractivity contribution >= 4 is 43.0 Å². The Hall–Kier alpha value is 6.67. The summed E-state index contributed by atoms with van der Waals surface area (Å²) in [4.78, 5) is 0. The molecule has 0 aliphatic heterocycles. The van der Waals surface area contributed by atoms with E-state index in [1.165, 1.54) is 19.7 Å². The van der Waals surface area contributed by atoms with Crippen LogP contribution in [0.5, 0.6) is 0 Å². The van der Waals surface area contributed by atoms with Gasteiger partial charge in [-0.2, -0.15) is 0 Å². The third-order valence-corrected chi connectivity index (χ3v) is 2.46. The van der Waals surface area contributed by atoms with E-state index in [1.54, 1.807) is 0 Å². The van der Waals surface area contributed by atoms with Crippen LogP contribution in [0.25, 0.3) is 0 Å². The zero-order valence-corrected chi connectivity index (χ0v) is 17.8. The summed E-state index contributed by atoms with van der Waals surface area (Å²) in [5.41, 5.74) is 0. The molecule has 0 nitrogen and oxygen atoms in total. The van der Waals surface area contributed by atoms with Crippen LogP contribution in [0.15, 0.2) is 0 Å². The standard InChI is InChI=1S/7Cu.K.H2S4/c;;;;;;;;1-3-4-2/h;;;;;;;;1-2H/q;;;;;;;+1;/p-1. The van der Waals surface area contributed by atoms with Crippen LogP contribution in [0.4, 0.5) is 0 Å². The minimum absolute atomic E-state index is 0. The molecule has 0 spiro atoms. The first-order chi connectivity index (χ1) is 1.91. The van der Waals surface area contributed by atoms with E-state index in [0.29, 0.717) is 0 Å². The molecule has 0 aliphatic rings. The largest absolute Gasteiger partial charge is 1.00 e. The van der Waals surface area contributed by atoms with E-state index in [-0.39, 0.29) is 171 Å². The minimum atomic E-state index is 0. The Bertz CT molecular complexity index is 17.4. The first kappa shape index (κ1) is 62.3. The smallest absolute Gasteiger partial charge is 0.706 e. The zero-order valence-electron chi connectivity index (χ0n) is 4.78. The van der Waals surface area contributed by atoms with Gasteiger partial charge in [-0.1, -0.05) is 9.83 Å². The van der Waals surface area contributed by atoms with Crippen molar-refractivity contribution in [3.8, 4) is 0 Å². The second kappa shape index (κ2) is 65.3. The fraction of sp³-hybridized carbons (Fsp3) is 0. The Balaban J connectivity index is -0.00000000161. The van der Waals surface area contributed by atoms with Crippen molar-refractivity contribution in [1.29, 1.82) is 0 Å². The number of hydrogen-bond acceptors (Lipinski definition) is 4. The van der Waals surface area contributed by atoms with Gasteiger partial charge in [0.05, 0.1) is 0 Å². The van der Waals surface area contributed by atoms with Gasteiger partial charge < -0.3 is 11.7 Å². The zero-order chi connectivity index (χ0) is 3.41. The molecule has 0 rings (SSSR count). The molecule has 12 heteroatoms. The third-order valence-electron chi connectivity index (χ3n) is 0.0304. The van der Waals surface area contributed by atoms with Crippen LogP contribution < -0.4 is 51.4 Å². The molecule has 0 aromatic rings. The van der Waals surface area contributed by atoms with E-state index >= 15 is 0 Å². The normalized spacial score (nSPS) is 2.50. The van der Waals surface area contributed by atoms with Gasteiger partial charge in [0.1, 0.15) is 0 Å². The summed E-state index contributed by atoms with van der Waals surface area (Å²) < 4.78 is 0. The van der Waals surface area contributed by atoms with Crippen LogP contribution in [0.1, 0.15) is 0 Å². The number of rotatable bonds is 1. The second-order valence-corrected chi connectivity index (χ2v) is 3.85. The Morgan fingerprint density at radius 3 is 0.833 bits per heavy atom.